The van der Waals surface area contributed by atoms with Gasteiger partial charge in [-0.25, -0.2) is 18.2 Å². The van der Waals surface area contributed by atoms with E-state index in [1.807, 2.05) is 29.5 Å². The zero-order chi connectivity index (χ0) is 21.6. The standard InChI is InChI=1S/C20H16F3IN4O2/c1-10-7-25-19(26-10)20(30)8-28(9-20)18(29)12-3-4-13(21)16(23)17(12)27-15-5-2-11(24)6-14(15)22/h2-7,27,30H,8-9H2,1H3,(H,25,26)/p+1. The van der Waals surface area contributed by atoms with E-state index in [1.165, 1.54) is 17.0 Å². The molecule has 1 saturated heterocycles. The number of nitrogens with zero attached hydrogens (tertiary/aromatic N) is 2. The summed E-state index contributed by atoms with van der Waals surface area (Å²) in [5, 5.41) is 11.0. The van der Waals surface area contributed by atoms with Gasteiger partial charge in [0, 0.05) is 15.5 Å². The van der Waals surface area contributed by atoms with E-state index in [0.717, 1.165) is 17.8 Å². The number of benzene rings is 2. The Morgan fingerprint density at radius 1 is 1.23 bits per heavy atom. The van der Waals surface area contributed by atoms with Crippen LogP contribution in [0.4, 0.5) is 24.5 Å². The monoisotopic (exact) mass is 529 g/mol. The molecule has 6 nitrogen and oxygen atoms in total. The second-order valence-corrected chi connectivity index (χ2v) is 8.44. The van der Waals surface area contributed by atoms with E-state index in [-0.39, 0.29) is 24.3 Å². The Morgan fingerprint density at radius 3 is 2.60 bits per heavy atom. The van der Waals surface area contributed by atoms with Crippen LogP contribution in [0.25, 0.3) is 0 Å². The average Bonchev–Trinajstić information content (AvgIpc) is 3.11. The highest BCUT2D eigenvalue weighted by Gasteiger charge is 2.52. The number of hydrogen-bond donors (Lipinski definition) is 2. The van der Waals surface area contributed by atoms with Crippen LogP contribution in [0.1, 0.15) is 21.9 Å². The van der Waals surface area contributed by atoms with Crippen molar-refractivity contribution in [3.05, 3.63) is 74.6 Å². The van der Waals surface area contributed by atoms with Crippen molar-refractivity contribution in [2.24, 2.45) is 0 Å². The summed E-state index contributed by atoms with van der Waals surface area (Å²) in [6.45, 7) is 1.88. The summed E-state index contributed by atoms with van der Waals surface area (Å²) in [7, 11) is 0. The zero-order valence-electron chi connectivity index (χ0n) is 15.7. The van der Waals surface area contributed by atoms with Crippen LogP contribution in [0.2, 0.25) is 0 Å². The molecule has 0 spiro atoms. The lowest BCUT2D eigenvalue weighted by Gasteiger charge is -2.41. The molecular formula is C20H17F3IN4O2+. The van der Waals surface area contributed by atoms with Crippen molar-refractivity contribution in [3.8, 4) is 0 Å². The molecule has 0 aliphatic carbocycles. The predicted molar refractivity (Wildman–Crippen MR) is 113 cm³/mol. The Balaban J connectivity index is 1.61. The summed E-state index contributed by atoms with van der Waals surface area (Å²) in [4.78, 5) is 21.4. The number of H-pyrrole nitrogens is 1. The Morgan fingerprint density at radius 2 is 1.97 bits per heavy atom. The molecule has 1 aliphatic rings. The number of imidazole rings is 1. The van der Waals surface area contributed by atoms with Crippen LogP contribution >= 0.6 is 22.6 Å². The number of anilines is 2. The van der Waals surface area contributed by atoms with Gasteiger partial charge < -0.3 is 20.3 Å². The van der Waals surface area contributed by atoms with Crippen LogP contribution < -0.4 is 5.32 Å². The molecule has 4 N–H and O–H groups in total. The van der Waals surface area contributed by atoms with Gasteiger partial charge in [0.2, 0.25) is 0 Å². The fourth-order valence-corrected chi connectivity index (χ4v) is 3.75. The molecule has 2 heterocycles. The van der Waals surface area contributed by atoms with E-state index in [9.17, 15) is 18.0 Å². The number of carbonyl (C=O) groups excluding carboxylic acids is 1. The molecule has 3 aromatic rings. The number of rotatable bonds is 4. The lowest BCUT2D eigenvalue weighted by molar-refractivity contribution is -0.0918. The number of nitrogens with one attached hydrogen (secondary N) is 2. The third-order valence-corrected chi connectivity index (χ3v) is 5.55. The molecule has 0 radical (unpaired) electrons. The maximum Gasteiger partial charge on any atom is 0.257 e. The first-order valence-electron chi connectivity index (χ1n) is 8.94. The Hall–Kier alpha value is -2.60. The molecule has 0 saturated carbocycles. The van der Waals surface area contributed by atoms with Gasteiger partial charge in [-0.15, -0.1) is 0 Å². The van der Waals surface area contributed by atoms with Gasteiger partial charge in [-0.05, 0) is 59.8 Å². The van der Waals surface area contributed by atoms with Crippen molar-refractivity contribution in [2.75, 3.05) is 18.4 Å². The maximum atomic E-state index is 14.5. The molecule has 30 heavy (non-hydrogen) atoms. The van der Waals surface area contributed by atoms with Crippen LogP contribution in [0.15, 0.2) is 36.5 Å². The summed E-state index contributed by atoms with van der Waals surface area (Å²) in [6.07, 6.45) is 1.60. The number of carbonyl (C=O) groups is 1. The minimum absolute atomic E-state index is 0.0368. The van der Waals surface area contributed by atoms with Gasteiger partial charge in [0.05, 0.1) is 16.9 Å². The van der Waals surface area contributed by atoms with E-state index in [0.29, 0.717) is 9.39 Å². The summed E-state index contributed by atoms with van der Waals surface area (Å²) in [6, 6.07) is 6.21. The number of hydrogen-bond acceptors (Lipinski definition) is 3. The lowest BCUT2D eigenvalue weighted by atomic mass is 9.92. The Kier molecular flexibility index (Phi) is 5.22. The number of likely N-dealkylation sites (tertiary alicyclic amines) is 1. The maximum absolute atomic E-state index is 14.5. The summed E-state index contributed by atoms with van der Waals surface area (Å²) < 4.78 is 43.2. The molecule has 1 aromatic heterocycles. The van der Waals surface area contributed by atoms with E-state index in [1.54, 1.807) is 12.3 Å². The number of aryl methyl sites for hydroxylation is 1. The third-order valence-electron chi connectivity index (χ3n) is 4.88. The number of halogens is 4. The molecule has 1 aliphatic heterocycles. The van der Waals surface area contributed by atoms with Gasteiger partial charge in [0.25, 0.3) is 11.5 Å². The summed E-state index contributed by atoms with van der Waals surface area (Å²) in [5.74, 6) is -3.25. The molecular weight excluding hydrogens is 512 g/mol. The SMILES string of the molecule is Cc1cnc(C2([OH2+])CN(C(=O)c3ccc(F)c(F)c3Nc3ccc(I)cc3F)C2)[nH]1. The largest absolute Gasteiger partial charge is 0.433 e. The Bertz CT molecular complexity index is 1150. The quantitative estimate of drug-likeness (QED) is 0.401. The first-order chi connectivity index (χ1) is 14.2. The molecule has 156 valence electrons. The van der Waals surface area contributed by atoms with Gasteiger partial charge in [-0.1, -0.05) is 0 Å². The van der Waals surface area contributed by atoms with Crippen molar-refractivity contribution in [1.29, 1.82) is 0 Å². The normalized spacial score (nSPS) is 15.1. The van der Waals surface area contributed by atoms with Crippen molar-refractivity contribution in [3.63, 3.8) is 0 Å². The van der Waals surface area contributed by atoms with Crippen molar-refractivity contribution >= 4 is 39.9 Å². The molecule has 4 rings (SSSR count). The van der Waals surface area contributed by atoms with Gasteiger partial charge in [0.15, 0.2) is 17.5 Å². The molecule has 0 atom stereocenters. The van der Waals surface area contributed by atoms with Gasteiger partial charge in [-0.3, -0.25) is 4.79 Å². The molecule has 10 heteroatoms. The van der Waals surface area contributed by atoms with Gasteiger partial charge >= 0.3 is 0 Å². The number of amides is 1. The van der Waals surface area contributed by atoms with E-state index in [4.69, 9.17) is 5.11 Å². The van der Waals surface area contributed by atoms with Crippen LogP contribution in [0.5, 0.6) is 0 Å². The lowest BCUT2D eigenvalue weighted by Crippen LogP contribution is -2.61. The smallest absolute Gasteiger partial charge is 0.257 e. The molecule has 1 fully saturated rings. The van der Waals surface area contributed by atoms with Crippen LogP contribution in [0.3, 0.4) is 0 Å². The van der Waals surface area contributed by atoms with Crippen LogP contribution in [-0.2, 0) is 5.60 Å². The molecule has 0 bridgehead atoms. The highest BCUT2D eigenvalue weighted by molar-refractivity contribution is 14.1. The van der Waals surface area contributed by atoms with Crippen molar-refractivity contribution < 1.29 is 23.1 Å². The third kappa shape index (κ3) is 3.65. The zero-order valence-corrected chi connectivity index (χ0v) is 17.9. The predicted octanol–water partition coefficient (Wildman–Crippen LogP) is 3.56. The minimum Gasteiger partial charge on any atom is -0.433 e. The topological polar surface area (TPSA) is 83.9 Å². The second kappa shape index (κ2) is 7.58. The highest BCUT2D eigenvalue weighted by atomic mass is 127. The summed E-state index contributed by atoms with van der Waals surface area (Å²) >= 11 is 1.93. The number of aromatic nitrogens is 2. The second-order valence-electron chi connectivity index (χ2n) is 7.19. The molecule has 0 unspecified atom stereocenters. The fourth-order valence-electron chi connectivity index (χ4n) is 3.30. The van der Waals surface area contributed by atoms with E-state index >= 15 is 0 Å². The van der Waals surface area contributed by atoms with Gasteiger partial charge in [0.1, 0.15) is 18.9 Å². The highest BCUT2D eigenvalue weighted by Crippen LogP contribution is 2.34. The van der Waals surface area contributed by atoms with Gasteiger partial charge in [-0.2, -0.15) is 0 Å². The van der Waals surface area contributed by atoms with Crippen molar-refractivity contribution in [2.45, 2.75) is 12.5 Å². The van der Waals surface area contributed by atoms with E-state index < -0.39 is 34.6 Å². The first-order valence-corrected chi connectivity index (χ1v) is 10.0. The summed E-state index contributed by atoms with van der Waals surface area (Å²) in [5.41, 5.74) is -0.981. The first kappa shape index (κ1) is 20.7. The minimum atomic E-state index is -1.28. The Labute approximate surface area is 183 Å². The van der Waals surface area contributed by atoms with Crippen LogP contribution in [0, 0.1) is 27.9 Å². The van der Waals surface area contributed by atoms with E-state index in [2.05, 4.69) is 15.3 Å². The fraction of sp³-hybridized carbons (Fsp3) is 0.200. The average molecular weight is 529 g/mol. The molecule has 1 amide bonds. The van der Waals surface area contributed by atoms with Crippen molar-refractivity contribution in [1.82, 2.24) is 14.9 Å². The van der Waals surface area contributed by atoms with Crippen LogP contribution in [-0.4, -0.2) is 39.0 Å². The number of aromatic amines is 1. The molecule has 2 aromatic carbocycles.